The molecule has 0 aliphatic carbocycles. The zero-order valence-electron chi connectivity index (χ0n) is 12.6. The third-order valence-electron chi connectivity index (χ3n) is 4.39. The van der Waals surface area contributed by atoms with Crippen LogP contribution in [-0.4, -0.2) is 28.9 Å². The molecule has 1 aromatic carbocycles. The predicted molar refractivity (Wildman–Crippen MR) is 84.1 cm³/mol. The van der Waals surface area contributed by atoms with Crippen LogP contribution in [0.3, 0.4) is 0 Å². The first-order valence-corrected chi connectivity index (χ1v) is 7.89. The lowest BCUT2D eigenvalue weighted by Gasteiger charge is -2.32. The highest BCUT2D eigenvalue weighted by molar-refractivity contribution is 5.92. The van der Waals surface area contributed by atoms with Gasteiger partial charge in [0.1, 0.15) is 11.5 Å². The molecule has 2 heterocycles. The van der Waals surface area contributed by atoms with Gasteiger partial charge in [-0.05, 0) is 61.4 Å². The van der Waals surface area contributed by atoms with Gasteiger partial charge in [-0.15, -0.1) is 0 Å². The van der Waals surface area contributed by atoms with E-state index >= 15 is 0 Å². The SMILES string of the molecule is O=C(c1ccc[nH]1)N1CCC[C@@H](CCc2ccc(F)cc2)C1. The van der Waals surface area contributed by atoms with Crippen molar-refractivity contribution in [3.8, 4) is 0 Å². The number of rotatable bonds is 4. The maximum atomic E-state index is 12.9. The highest BCUT2D eigenvalue weighted by atomic mass is 19.1. The largest absolute Gasteiger partial charge is 0.357 e. The van der Waals surface area contributed by atoms with Crippen LogP contribution in [-0.2, 0) is 6.42 Å². The van der Waals surface area contributed by atoms with E-state index in [1.165, 1.54) is 12.1 Å². The molecular weight excluding hydrogens is 279 g/mol. The molecule has 116 valence electrons. The van der Waals surface area contributed by atoms with Gasteiger partial charge < -0.3 is 9.88 Å². The van der Waals surface area contributed by atoms with Crippen molar-refractivity contribution in [1.82, 2.24) is 9.88 Å². The highest BCUT2D eigenvalue weighted by Crippen LogP contribution is 2.22. The van der Waals surface area contributed by atoms with E-state index in [9.17, 15) is 9.18 Å². The summed E-state index contributed by atoms with van der Waals surface area (Å²) in [7, 11) is 0. The van der Waals surface area contributed by atoms with Crippen molar-refractivity contribution in [2.45, 2.75) is 25.7 Å². The van der Waals surface area contributed by atoms with Gasteiger partial charge in [0, 0.05) is 19.3 Å². The first-order chi connectivity index (χ1) is 10.7. The summed E-state index contributed by atoms with van der Waals surface area (Å²) in [6, 6.07) is 10.4. The average molecular weight is 300 g/mol. The lowest BCUT2D eigenvalue weighted by Crippen LogP contribution is -2.40. The van der Waals surface area contributed by atoms with Crippen LogP contribution in [0.5, 0.6) is 0 Å². The third-order valence-corrected chi connectivity index (χ3v) is 4.39. The molecule has 1 saturated heterocycles. The third kappa shape index (κ3) is 3.56. The number of piperidine rings is 1. The Bertz CT molecular complexity index is 607. The number of aromatic amines is 1. The number of benzene rings is 1. The van der Waals surface area contributed by atoms with Crippen LogP contribution in [0, 0.1) is 11.7 Å². The van der Waals surface area contributed by atoms with E-state index in [4.69, 9.17) is 0 Å². The predicted octanol–water partition coefficient (Wildman–Crippen LogP) is 3.64. The molecular formula is C18H21FN2O. The quantitative estimate of drug-likeness (QED) is 0.919. The van der Waals surface area contributed by atoms with Gasteiger partial charge in [0.25, 0.3) is 5.91 Å². The van der Waals surface area contributed by atoms with Gasteiger partial charge in [0.05, 0.1) is 0 Å². The highest BCUT2D eigenvalue weighted by Gasteiger charge is 2.24. The zero-order valence-corrected chi connectivity index (χ0v) is 12.6. The summed E-state index contributed by atoms with van der Waals surface area (Å²) in [5.41, 5.74) is 1.83. The van der Waals surface area contributed by atoms with Crippen LogP contribution in [0.25, 0.3) is 0 Å². The summed E-state index contributed by atoms with van der Waals surface area (Å²) < 4.78 is 12.9. The second-order valence-corrected chi connectivity index (χ2v) is 6.01. The summed E-state index contributed by atoms with van der Waals surface area (Å²) in [4.78, 5) is 17.3. The smallest absolute Gasteiger partial charge is 0.270 e. The van der Waals surface area contributed by atoms with Crippen molar-refractivity contribution in [2.75, 3.05) is 13.1 Å². The Labute approximate surface area is 130 Å². The number of halogens is 1. The number of carbonyl (C=O) groups is 1. The van der Waals surface area contributed by atoms with Gasteiger partial charge in [-0.3, -0.25) is 4.79 Å². The fraction of sp³-hybridized carbons (Fsp3) is 0.389. The maximum Gasteiger partial charge on any atom is 0.270 e. The summed E-state index contributed by atoms with van der Waals surface area (Å²) in [6.45, 7) is 1.66. The number of hydrogen-bond donors (Lipinski definition) is 1. The van der Waals surface area contributed by atoms with Crippen LogP contribution < -0.4 is 0 Å². The van der Waals surface area contributed by atoms with Gasteiger partial charge in [0.15, 0.2) is 0 Å². The average Bonchev–Trinajstić information content (AvgIpc) is 3.08. The Balaban J connectivity index is 1.54. The second-order valence-electron chi connectivity index (χ2n) is 6.01. The molecule has 0 bridgehead atoms. The number of H-pyrrole nitrogens is 1. The Kier molecular flexibility index (Phi) is 4.56. The molecule has 3 nitrogen and oxygen atoms in total. The van der Waals surface area contributed by atoms with Crippen LogP contribution in [0.4, 0.5) is 4.39 Å². The molecule has 0 spiro atoms. The molecule has 2 aromatic rings. The Morgan fingerprint density at radius 1 is 1.27 bits per heavy atom. The summed E-state index contributed by atoms with van der Waals surface area (Å²) in [5, 5.41) is 0. The first kappa shape index (κ1) is 14.8. The molecule has 0 unspecified atom stereocenters. The van der Waals surface area contributed by atoms with Crippen molar-refractivity contribution < 1.29 is 9.18 Å². The van der Waals surface area contributed by atoms with Gasteiger partial charge in [-0.1, -0.05) is 12.1 Å². The van der Waals surface area contributed by atoms with E-state index < -0.39 is 0 Å². The number of amides is 1. The number of nitrogens with one attached hydrogen (secondary N) is 1. The summed E-state index contributed by atoms with van der Waals surface area (Å²) >= 11 is 0. The minimum Gasteiger partial charge on any atom is -0.357 e. The van der Waals surface area contributed by atoms with Crippen LogP contribution >= 0.6 is 0 Å². The molecule has 0 saturated carbocycles. The van der Waals surface area contributed by atoms with E-state index in [0.717, 1.165) is 44.3 Å². The molecule has 0 radical (unpaired) electrons. The van der Waals surface area contributed by atoms with Crippen LogP contribution in [0.15, 0.2) is 42.6 Å². The molecule has 1 aromatic heterocycles. The molecule has 3 rings (SSSR count). The van der Waals surface area contributed by atoms with Crippen molar-refractivity contribution in [3.05, 3.63) is 59.7 Å². The standard InChI is InChI=1S/C18H21FN2O/c19-16-9-7-14(8-10-16)5-6-15-3-2-12-21(13-15)18(22)17-4-1-11-20-17/h1,4,7-11,15,20H,2-3,5-6,12-13H2/t15-/m0/s1. The van der Waals surface area contributed by atoms with Crippen molar-refractivity contribution >= 4 is 5.91 Å². The molecule has 1 aliphatic heterocycles. The number of nitrogens with zero attached hydrogens (tertiary/aromatic N) is 1. The number of carbonyl (C=O) groups excluding carboxylic acids is 1. The monoisotopic (exact) mass is 300 g/mol. The molecule has 22 heavy (non-hydrogen) atoms. The second kappa shape index (κ2) is 6.77. The van der Waals surface area contributed by atoms with Crippen LogP contribution in [0.1, 0.15) is 35.3 Å². The summed E-state index contributed by atoms with van der Waals surface area (Å²) in [6.07, 6.45) is 5.98. The molecule has 1 fully saturated rings. The Hall–Kier alpha value is -2.10. The molecule has 1 aliphatic rings. The number of aromatic nitrogens is 1. The van der Waals surface area contributed by atoms with Gasteiger partial charge in [0.2, 0.25) is 0 Å². The Morgan fingerprint density at radius 3 is 2.82 bits per heavy atom. The lowest BCUT2D eigenvalue weighted by molar-refractivity contribution is 0.0663. The maximum absolute atomic E-state index is 12.9. The number of aryl methyl sites for hydroxylation is 1. The molecule has 1 amide bonds. The van der Waals surface area contributed by atoms with Crippen LogP contribution in [0.2, 0.25) is 0 Å². The minimum atomic E-state index is -0.191. The fourth-order valence-corrected chi connectivity index (χ4v) is 3.14. The van der Waals surface area contributed by atoms with Crippen molar-refractivity contribution in [2.24, 2.45) is 5.92 Å². The van der Waals surface area contributed by atoms with E-state index in [1.807, 2.05) is 29.2 Å². The topological polar surface area (TPSA) is 36.1 Å². The molecule has 4 heteroatoms. The van der Waals surface area contributed by atoms with Gasteiger partial charge in [-0.2, -0.15) is 0 Å². The van der Waals surface area contributed by atoms with Crippen molar-refractivity contribution in [1.29, 1.82) is 0 Å². The van der Waals surface area contributed by atoms with Gasteiger partial charge in [-0.25, -0.2) is 4.39 Å². The normalized spacial score (nSPS) is 18.4. The lowest BCUT2D eigenvalue weighted by atomic mass is 9.91. The number of hydrogen-bond acceptors (Lipinski definition) is 1. The molecule has 1 N–H and O–H groups in total. The van der Waals surface area contributed by atoms with Gasteiger partial charge >= 0.3 is 0 Å². The molecule has 1 atom stereocenters. The Morgan fingerprint density at radius 2 is 2.09 bits per heavy atom. The van der Waals surface area contributed by atoms with E-state index in [2.05, 4.69) is 4.98 Å². The van der Waals surface area contributed by atoms with Crippen molar-refractivity contribution in [3.63, 3.8) is 0 Å². The summed E-state index contributed by atoms with van der Waals surface area (Å²) in [5.74, 6) is 0.429. The van der Waals surface area contributed by atoms with E-state index in [1.54, 1.807) is 6.20 Å². The zero-order chi connectivity index (χ0) is 15.4. The van der Waals surface area contributed by atoms with E-state index in [-0.39, 0.29) is 11.7 Å². The minimum absolute atomic E-state index is 0.0940. The fourth-order valence-electron chi connectivity index (χ4n) is 3.14. The number of likely N-dealkylation sites (tertiary alicyclic amines) is 1. The van der Waals surface area contributed by atoms with E-state index in [0.29, 0.717) is 11.6 Å². The first-order valence-electron chi connectivity index (χ1n) is 7.89.